The van der Waals surface area contributed by atoms with Crippen molar-refractivity contribution in [1.29, 1.82) is 0 Å². The number of aromatic nitrogens is 1. The van der Waals surface area contributed by atoms with Crippen LogP contribution in [0.15, 0.2) is 51.6 Å². The van der Waals surface area contributed by atoms with E-state index in [0.717, 1.165) is 0 Å². The topological polar surface area (TPSA) is 104 Å². The standard InChI is InChI=1S/C17H12N2O6/c20-16-9-23-14-6-10(3-4-12(14)18-16)17(21)24-8-11-7-15(25-19-11)13-2-1-5-22-13/h1-7H,8-9H2,(H,18,20). The van der Waals surface area contributed by atoms with Crippen LogP contribution in [0.4, 0.5) is 5.69 Å². The SMILES string of the molecule is O=C1COc2cc(C(=O)OCc3cc(-c4ccco4)on3)ccc2N1. The summed E-state index contributed by atoms with van der Waals surface area (Å²) in [6.45, 7) is -0.127. The van der Waals surface area contributed by atoms with Crippen molar-refractivity contribution in [3.05, 3.63) is 53.9 Å². The van der Waals surface area contributed by atoms with Gasteiger partial charge in [0.2, 0.25) is 5.76 Å². The minimum Gasteiger partial charge on any atom is -0.482 e. The van der Waals surface area contributed by atoms with Crippen LogP contribution in [0.1, 0.15) is 16.1 Å². The van der Waals surface area contributed by atoms with E-state index < -0.39 is 5.97 Å². The lowest BCUT2D eigenvalue weighted by Crippen LogP contribution is -2.25. The van der Waals surface area contributed by atoms with Crippen LogP contribution in [0, 0.1) is 0 Å². The number of furan rings is 1. The van der Waals surface area contributed by atoms with Crippen molar-refractivity contribution in [2.45, 2.75) is 6.61 Å². The maximum absolute atomic E-state index is 12.2. The Labute approximate surface area is 141 Å². The van der Waals surface area contributed by atoms with Gasteiger partial charge in [0.15, 0.2) is 12.4 Å². The molecule has 0 aliphatic carbocycles. The maximum atomic E-state index is 12.2. The predicted octanol–water partition coefficient (Wildman–Crippen LogP) is 2.62. The summed E-state index contributed by atoms with van der Waals surface area (Å²) in [5.74, 6) is 0.649. The largest absolute Gasteiger partial charge is 0.482 e. The zero-order valence-electron chi connectivity index (χ0n) is 12.9. The Kier molecular flexibility index (Phi) is 3.70. The Balaban J connectivity index is 1.42. The van der Waals surface area contributed by atoms with Gasteiger partial charge >= 0.3 is 5.97 Å². The van der Waals surface area contributed by atoms with Crippen LogP contribution >= 0.6 is 0 Å². The van der Waals surface area contributed by atoms with Crippen molar-refractivity contribution in [1.82, 2.24) is 5.16 Å². The summed E-state index contributed by atoms with van der Waals surface area (Å²) in [6, 6.07) is 9.77. The first-order chi connectivity index (χ1) is 12.2. The van der Waals surface area contributed by atoms with E-state index in [0.29, 0.717) is 34.2 Å². The number of hydrogen-bond donors (Lipinski definition) is 1. The molecule has 0 unspecified atom stereocenters. The summed E-state index contributed by atoms with van der Waals surface area (Å²) in [7, 11) is 0. The minimum atomic E-state index is -0.536. The smallest absolute Gasteiger partial charge is 0.338 e. The Morgan fingerprint density at radius 2 is 2.16 bits per heavy atom. The molecule has 8 heteroatoms. The predicted molar refractivity (Wildman–Crippen MR) is 83.9 cm³/mol. The lowest BCUT2D eigenvalue weighted by molar-refractivity contribution is -0.118. The van der Waals surface area contributed by atoms with Gasteiger partial charge in [-0.05, 0) is 30.3 Å². The first kappa shape index (κ1) is 15.0. The Morgan fingerprint density at radius 3 is 3.00 bits per heavy atom. The van der Waals surface area contributed by atoms with Crippen LogP contribution in [-0.2, 0) is 16.1 Å². The van der Waals surface area contributed by atoms with Gasteiger partial charge in [0.1, 0.15) is 18.1 Å². The van der Waals surface area contributed by atoms with Gasteiger partial charge in [-0.25, -0.2) is 4.79 Å². The van der Waals surface area contributed by atoms with Crippen LogP contribution in [0.5, 0.6) is 5.75 Å². The monoisotopic (exact) mass is 340 g/mol. The van der Waals surface area contributed by atoms with Crippen LogP contribution in [0.2, 0.25) is 0 Å². The fourth-order valence-electron chi connectivity index (χ4n) is 2.34. The van der Waals surface area contributed by atoms with E-state index in [2.05, 4.69) is 10.5 Å². The molecule has 2 aromatic heterocycles. The first-order valence-electron chi connectivity index (χ1n) is 7.42. The van der Waals surface area contributed by atoms with E-state index in [1.165, 1.54) is 12.3 Å². The number of nitrogens with zero attached hydrogens (tertiary/aromatic N) is 1. The molecule has 3 aromatic rings. The number of amides is 1. The molecule has 0 saturated heterocycles. The molecular weight excluding hydrogens is 328 g/mol. The van der Waals surface area contributed by atoms with Crippen LogP contribution in [-0.4, -0.2) is 23.6 Å². The Morgan fingerprint density at radius 1 is 1.24 bits per heavy atom. The van der Waals surface area contributed by atoms with E-state index in [-0.39, 0.29) is 19.1 Å². The lowest BCUT2D eigenvalue weighted by atomic mass is 10.1. The van der Waals surface area contributed by atoms with E-state index in [9.17, 15) is 9.59 Å². The second kappa shape index (κ2) is 6.16. The van der Waals surface area contributed by atoms with Gasteiger partial charge in [0.25, 0.3) is 5.91 Å². The highest BCUT2D eigenvalue weighted by Gasteiger charge is 2.19. The fraction of sp³-hybridized carbons (Fsp3) is 0.118. The van der Waals surface area contributed by atoms with Crippen molar-refractivity contribution in [2.75, 3.05) is 11.9 Å². The molecule has 1 N–H and O–H groups in total. The number of nitrogens with one attached hydrogen (secondary N) is 1. The van der Waals surface area contributed by atoms with Gasteiger partial charge in [0.05, 0.1) is 17.5 Å². The molecule has 1 aliphatic rings. The number of benzene rings is 1. The highest BCUT2D eigenvalue weighted by Crippen LogP contribution is 2.29. The zero-order chi connectivity index (χ0) is 17.2. The second-order valence-electron chi connectivity index (χ2n) is 5.28. The summed E-state index contributed by atoms with van der Waals surface area (Å²) in [6.07, 6.45) is 1.53. The first-order valence-corrected chi connectivity index (χ1v) is 7.42. The Hall–Kier alpha value is -3.55. The molecule has 0 saturated carbocycles. The van der Waals surface area contributed by atoms with E-state index in [4.69, 9.17) is 18.4 Å². The average Bonchev–Trinajstić information content (AvgIpc) is 3.30. The highest BCUT2D eigenvalue weighted by molar-refractivity contribution is 5.97. The van der Waals surface area contributed by atoms with Crippen molar-refractivity contribution in [3.8, 4) is 17.3 Å². The molecule has 25 heavy (non-hydrogen) atoms. The molecule has 0 atom stereocenters. The quantitative estimate of drug-likeness (QED) is 0.728. The third-order valence-corrected chi connectivity index (χ3v) is 3.52. The summed E-state index contributed by atoms with van der Waals surface area (Å²) >= 11 is 0. The third-order valence-electron chi connectivity index (χ3n) is 3.52. The van der Waals surface area contributed by atoms with Crippen molar-refractivity contribution < 1.29 is 28.0 Å². The summed E-state index contributed by atoms with van der Waals surface area (Å²) < 4.78 is 20.8. The number of carbonyl (C=O) groups is 2. The summed E-state index contributed by atoms with van der Waals surface area (Å²) in [4.78, 5) is 23.4. The number of hydrogen-bond acceptors (Lipinski definition) is 7. The molecule has 4 rings (SSSR count). The highest BCUT2D eigenvalue weighted by atomic mass is 16.5. The molecule has 0 spiro atoms. The average molecular weight is 340 g/mol. The molecule has 1 aliphatic heterocycles. The molecule has 3 heterocycles. The molecule has 1 aromatic carbocycles. The molecular formula is C17H12N2O6. The van der Waals surface area contributed by atoms with E-state index in [1.54, 1.807) is 30.3 Å². The van der Waals surface area contributed by atoms with E-state index in [1.807, 2.05) is 0 Å². The van der Waals surface area contributed by atoms with Gasteiger partial charge in [0, 0.05) is 6.07 Å². The number of esters is 1. The van der Waals surface area contributed by atoms with Gasteiger partial charge in [-0.2, -0.15) is 0 Å². The fourth-order valence-corrected chi connectivity index (χ4v) is 2.34. The van der Waals surface area contributed by atoms with E-state index >= 15 is 0 Å². The molecule has 8 nitrogen and oxygen atoms in total. The molecule has 0 radical (unpaired) electrons. The normalized spacial score (nSPS) is 12.9. The number of ether oxygens (including phenoxy) is 2. The van der Waals surface area contributed by atoms with Gasteiger partial charge in [-0.1, -0.05) is 5.16 Å². The Bertz CT molecular complexity index is 929. The van der Waals surface area contributed by atoms with Gasteiger partial charge < -0.3 is 23.7 Å². The number of anilines is 1. The maximum Gasteiger partial charge on any atom is 0.338 e. The molecule has 126 valence electrons. The summed E-state index contributed by atoms with van der Waals surface area (Å²) in [5.41, 5.74) is 1.29. The number of rotatable bonds is 4. The zero-order valence-corrected chi connectivity index (χ0v) is 12.9. The second-order valence-corrected chi connectivity index (χ2v) is 5.28. The molecule has 0 fully saturated rings. The van der Waals surface area contributed by atoms with Crippen molar-refractivity contribution in [2.24, 2.45) is 0 Å². The van der Waals surface area contributed by atoms with Crippen LogP contribution in [0.3, 0.4) is 0 Å². The minimum absolute atomic E-state index is 0.0439. The number of fused-ring (bicyclic) bond motifs is 1. The molecule has 1 amide bonds. The van der Waals surface area contributed by atoms with Crippen molar-refractivity contribution >= 4 is 17.6 Å². The van der Waals surface area contributed by atoms with Gasteiger partial charge in [-0.15, -0.1) is 0 Å². The summed E-state index contributed by atoms with van der Waals surface area (Å²) in [5, 5.41) is 6.48. The number of carbonyl (C=O) groups excluding carboxylic acids is 2. The van der Waals surface area contributed by atoms with Gasteiger partial charge in [-0.3, -0.25) is 4.79 Å². The van der Waals surface area contributed by atoms with Crippen LogP contribution in [0.25, 0.3) is 11.5 Å². The third kappa shape index (κ3) is 3.09. The van der Waals surface area contributed by atoms with Crippen LogP contribution < -0.4 is 10.1 Å². The molecule has 0 bridgehead atoms. The lowest BCUT2D eigenvalue weighted by Gasteiger charge is -2.18. The van der Waals surface area contributed by atoms with Crippen molar-refractivity contribution in [3.63, 3.8) is 0 Å².